The summed E-state index contributed by atoms with van der Waals surface area (Å²) in [6.07, 6.45) is 1.29. The number of rotatable bonds is 5. The van der Waals surface area contributed by atoms with Gasteiger partial charge < -0.3 is 4.74 Å². The SMILES string of the molecule is COC(=O)c1sccc1S(=O)(=O)NN=Cc1ccc(C#N)cc1. The van der Waals surface area contributed by atoms with Gasteiger partial charge in [-0.3, -0.25) is 0 Å². The molecule has 0 radical (unpaired) electrons. The molecule has 0 saturated carbocycles. The topological polar surface area (TPSA) is 109 Å². The third kappa shape index (κ3) is 3.94. The van der Waals surface area contributed by atoms with Crippen molar-refractivity contribution in [2.24, 2.45) is 5.10 Å². The molecule has 2 rings (SSSR count). The molecule has 0 saturated heterocycles. The van der Waals surface area contributed by atoms with E-state index in [4.69, 9.17) is 5.26 Å². The van der Waals surface area contributed by atoms with Crippen molar-refractivity contribution in [1.82, 2.24) is 4.83 Å². The number of sulfonamides is 1. The van der Waals surface area contributed by atoms with Gasteiger partial charge in [-0.05, 0) is 29.1 Å². The van der Waals surface area contributed by atoms with Crippen LogP contribution in [0.4, 0.5) is 0 Å². The first-order chi connectivity index (χ1) is 11.0. The van der Waals surface area contributed by atoms with Gasteiger partial charge in [0, 0.05) is 0 Å². The number of carbonyl (C=O) groups excluding carboxylic acids is 1. The van der Waals surface area contributed by atoms with Crippen LogP contribution in [-0.4, -0.2) is 27.7 Å². The van der Waals surface area contributed by atoms with E-state index in [1.165, 1.54) is 24.8 Å². The number of nitriles is 1. The third-order valence-electron chi connectivity index (χ3n) is 2.72. The molecule has 1 heterocycles. The molecule has 0 spiro atoms. The van der Waals surface area contributed by atoms with E-state index in [-0.39, 0.29) is 9.77 Å². The minimum absolute atomic E-state index is 0.0198. The van der Waals surface area contributed by atoms with Crippen molar-refractivity contribution < 1.29 is 17.9 Å². The lowest BCUT2D eigenvalue weighted by atomic mass is 10.2. The predicted octanol–water partition coefficient (Wildman–Crippen LogP) is 1.72. The average Bonchev–Trinajstić information content (AvgIpc) is 3.05. The summed E-state index contributed by atoms with van der Waals surface area (Å²) in [6.45, 7) is 0. The normalized spacial score (nSPS) is 11.1. The molecule has 1 N–H and O–H groups in total. The van der Waals surface area contributed by atoms with E-state index in [0.717, 1.165) is 11.3 Å². The van der Waals surface area contributed by atoms with Crippen LogP contribution in [0.25, 0.3) is 0 Å². The van der Waals surface area contributed by atoms with Gasteiger partial charge in [0.2, 0.25) is 0 Å². The summed E-state index contributed by atoms with van der Waals surface area (Å²) >= 11 is 0.967. The fourth-order valence-electron chi connectivity index (χ4n) is 1.61. The highest BCUT2D eigenvalue weighted by molar-refractivity contribution is 7.89. The molecule has 0 fully saturated rings. The van der Waals surface area contributed by atoms with Gasteiger partial charge in [0.05, 0.1) is 25.0 Å². The van der Waals surface area contributed by atoms with Gasteiger partial charge in [0.15, 0.2) is 0 Å². The molecule has 0 aliphatic rings. The van der Waals surface area contributed by atoms with Crippen LogP contribution >= 0.6 is 11.3 Å². The van der Waals surface area contributed by atoms with Gasteiger partial charge in [-0.15, -0.1) is 11.3 Å². The largest absolute Gasteiger partial charge is 0.465 e. The molecule has 9 heteroatoms. The number of hydrazone groups is 1. The molecule has 0 aliphatic carbocycles. The van der Waals surface area contributed by atoms with Crippen LogP contribution in [0.5, 0.6) is 0 Å². The molecule has 2 aromatic rings. The lowest BCUT2D eigenvalue weighted by Crippen LogP contribution is -2.20. The number of methoxy groups -OCH3 is 1. The van der Waals surface area contributed by atoms with Crippen molar-refractivity contribution >= 4 is 33.5 Å². The summed E-state index contributed by atoms with van der Waals surface area (Å²) in [5.74, 6) is -0.726. The molecule has 1 aromatic carbocycles. The number of esters is 1. The minimum Gasteiger partial charge on any atom is -0.465 e. The summed E-state index contributed by atoms with van der Waals surface area (Å²) in [6, 6.07) is 9.71. The first-order valence-corrected chi connectivity index (χ1v) is 8.55. The van der Waals surface area contributed by atoms with Crippen LogP contribution < -0.4 is 4.83 Å². The zero-order valence-corrected chi connectivity index (χ0v) is 13.5. The summed E-state index contributed by atoms with van der Waals surface area (Å²) in [4.78, 5) is 13.4. The van der Waals surface area contributed by atoms with Gasteiger partial charge >= 0.3 is 5.97 Å². The van der Waals surface area contributed by atoms with Gasteiger partial charge in [-0.1, -0.05) is 12.1 Å². The molecule has 0 bridgehead atoms. The Bertz CT molecular complexity index is 877. The third-order valence-corrected chi connectivity index (χ3v) is 5.00. The molecule has 0 atom stereocenters. The highest BCUT2D eigenvalue weighted by Gasteiger charge is 2.24. The Morgan fingerprint density at radius 3 is 2.65 bits per heavy atom. The molecule has 0 unspecified atom stereocenters. The summed E-state index contributed by atoms with van der Waals surface area (Å²) < 4.78 is 28.9. The number of thiophene rings is 1. The molecule has 0 aliphatic heterocycles. The van der Waals surface area contributed by atoms with Crippen molar-refractivity contribution in [2.75, 3.05) is 7.11 Å². The van der Waals surface area contributed by atoms with Crippen molar-refractivity contribution in [3.63, 3.8) is 0 Å². The average molecular weight is 349 g/mol. The Balaban J connectivity index is 2.15. The molecule has 1 aromatic heterocycles. The lowest BCUT2D eigenvalue weighted by Gasteiger charge is -2.03. The monoisotopic (exact) mass is 349 g/mol. The summed E-state index contributed by atoms with van der Waals surface area (Å²) in [7, 11) is -2.80. The second-order valence-electron chi connectivity index (χ2n) is 4.19. The van der Waals surface area contributed by atoms with E-state index < -0.39 is 16.0 Å². The van der Waals surface area contributed by atoms with Crippen LogP contribution in [-0.2, 0) is 14.8 Å². The second kappa shape index (κ2) is 7.04. The Hall–Kier alpha value is -2.70. The van der Waals surface area contributed by atoms with Crippen molar-refractivity contribution in [3.8, 4) is 6.07 Å². The molecule has 118 valence electrons. The molecular weight excluding hydrogens is 338 g/mol. The summed E-state index contributed by atoms with van der Waals surface area (Å²) in [5, 5.41) is 13.8. The second-order valence-corrected chi connectivity index (χ2v) is 6.74. The van der Waals surface area contributed by atoms with Crippen LogP contribution in [0, 0.1) is 11.3 Å². The van der Waals surface area contributed by atoms with Crippen LogP contribution in [0.3, 0.4) is 0 Å². The minimum atomic E-state index is -3.98. The zero-order valence-electron chi connectivity index (χ0n) is 11.9. The Kier molecular flexibility index (Phi) is 5.10. The highest BCUT2D eigenvalue weighted by Crippen LogP contribution is 2.22. The van der Waals surface area contributed by atoms with E-state index in [9.17, 15) is 13.2 Å². The zero-order chi connectivity index (χ0) is 16.9. The molecular formula is C14H11N3O4S2. The number of ether oxygens (including phenoxy) is 1. The van der Waals surface area contributed by atoms with Crippen LogP contribution in [0.15, 0.2) is 45.7 Å². The maximum Gasteiger partial charge on any atom is 0.349 e. The van der Waals surface area contributed by atoms with Crippen molar-refractivity contribution in [1.29, 1.82) is 5.26 Å². The quantitative estimate of drug-likeness (QED) is 0.502. The number of nitrogens with zero attached hydrogens (tertiary/aromatic N) is 2. The Morgan fingerprint density at radius 1 is 1.35 bits per heavy atom. The molecule has 7 nitrogen and oxygen atoms in total. The number of hydrogen-bond donors (Lipinski definition) is 1. The molecule has 23 heavy (non-hydrogen) atoms. The Morgan fingerprint density at radius 2 is 2.04 bits per heavy atom. The maximum atomic E-state index is 12.2. The number of hydrogen-bond acceptors (Lipinski definition) is 7. The summed E-state index contributed by atoms with van der Waals surface area (Å²) in [5.41, 5.74) is 1.11. The van der Waals surface area contributed by atoms with E-state index in [2.05, 4.69) is 9.84 Å². The van der Waals surface area contributed by atoms with Crippen molar-refractivity contribution in [3.05, 3.63) is 51.7 Å². The van der Waals surface area contributed by atoms with E-state index in [0.29, 0.717) is 11.1 Å². The number of nitrogens with one attached hydrogen (secondary N) is 1. The fraction of sp³-hybridized carbons (Fsp3) is 0.0714. The van der Waals surface area contributed by atoms with E-state index in [1.807, 2.05) is 10.9 Å². The first kappa shape index (κ1) is 16.7. The standard InChI is InChI=1S/C14H11N3O4S2/c1-21-14(18)13-12(6-7-22-13)23(19,20)17-16-9-11-4-2-10(8-15)3-5-11/h2-7,9,17H,1H3. The highest BCUT2D eigenvalue weighted by atomic mass is 32.2. The smallest absolute Gasteiger partial charge is 0.349 e. The first-order valence-electron chi connectivity index (χ1n) is 6.19. The van der Waals surface area contributed by atoms with Gasteiger partial charge in [0.25, 0.3) is 10.0 Å². The van der Waals surface area contributed by atoms with Gasteiger partial charge in [-0.2, -0.15) is 18.8 Å². The number of benzene rings is 1. The fourth-order valence-corrected chi connectivity index (χ4v) is 3.74. The Labute approximate surface area is 136 Å². The lowest BCUT2D eigenvalue weighted by molar-refractivity contribution is 0.0602. The van der Waals surface area contributed by atoms with E-state index in [1.54, 1.807) is 24.3 Å². The molecule has 0 amide bonds. The van der Waals surface area contributed by atoms with Crippen molar-refractivity contribution in [2.45, 2.75) is 4.90 Å². The predicted molar refractivity (Wildman–Crippen MR) is 84.7 cm³/mol. The maximum absolute atomic E-state index is 12.2. The van der Waals surface area contributed by atoms with Gasteiger partial charge in [0.1, 0.15) is 9.77 Å². The van der Waals surface area contributed by atoms with Crippen LogP contribution in [0.2, 0.25) is 0 Å². The van der Waals surface area contributed by atoms with Gasteiger partial charge in [-0.25, -0.2) is 9.63 Å². The van der Waals surface area contributed by atoms with E-state index >= 15 is 0 Å². The van der Waals surface area contributed by atoms with Crippen LogP contribution in [0.1, 0.15) is 20.8 Å². The number of carbonyl (C=O) groups is 1.